The normalized spacial score (nSPS) is 11.1. The van der Waals surface area contributed by atoms with Gasteiger partial charge in [-0.3, -0.25) is 0 Å². The number of fused-ring (bicyclic) bond motifs is 2. The van der Waals surface area contributed by atoms with Crippen LogP contribution in [0, 0.1) is 0 Å². The summed E-state index contributed by atoms with van der Waals surface area (Å²) in [6.07, 6.45) is 5.32. The molecule has 0 amide bonds. The molecule has 4 aromatic rings. The predicted octanol–water partition coefficient (Wildman–Crippen LogP) is 1.96. The first-order chi connectivity index (χ1) is 10.8. The number of aromatic nitrogens is 5. The van der Waals surface area contributed by atoms with E-state index in [2.05, 4.69) is 25.4 Å². The molecule has 4 heterocycles. The Labute approximate surface area is 125 Å². The summed E-state index contributed by atoms with van der Waals surface area (Å²) in [5.41, 5.74) is 7.45. The van der Waals surface area contributed by atoms with Crippen LogP contribution in [-0.2, 0) is 0 Å². The smallest absolute Gasteiger partial charge is 0.184 e. The van der Waals surface area contributed by atoms with Crippen LogP contribution in [0.15, 0.2) is 42.9 Å². The largest absolute Gasteiger partial charge is 0.384 e. The minimum Gasteiger partial charge on any atom is -0.384 e. The van der Waals surface area contributed by atoms with Gasteiger partial charge in [-0.25, -0.2) is 19.5 Å². The minimum absolute atomic E-state index is 0.450. The highest BCUT2D eigenvalue weighted by atomic mass is 15.3. The van der Waals surface area contributed by atoms with E-state index in [1.165, 1.54) is 0 Å². The van der Waals surface area contributed by atoms with Gasteiger partial charge in [0.25, 0.3) is 0 Å². The van der Waals surface area contributed by atoms with Crippen molar-refractivity contribution < 1.29 is 0 Å². The number of pyridine rings is 3. The van der Waals surface area contributed by atoms with Crippen LogP contribution in [-0.4, -0.2) is 31.6 Å². The highest BCUT2D eigenvalue weighted by Crippen LogP contribution is 2.30. The van der Waals surface area contributed by atoms with Crippen molar-refractivity contribution in [3.8, 4) is 11.4 Å². The molecular weight excluding hydrogens is 278 g/mol. The van der Waals surface area contributed by atoms with Crippen LogP contribution in [0.2, 0.25) is 0 Å². The van der Waals surface area contributed by atoms with Gasteiger partial charge in [0, 0.05) is 42.0 Å². The van der Waals surface area contributed by atoms with Crippen molar-refractivity contribution in [2.24, 2.45) is 0 Å². The van der Waals surface area contributed by atoms with Crippen LogP contribution < -0.4 is 11.1 Å². The van der Waals surface area contributed by atoms with E-state index < -0.39 is 0 Å². The Morgan fingerprint density at radius 3 is 2.86 bits per heavy atom. The van der Waals surface area contributed by atoms with Gasteiger partial charge in [0.15, 0.2) is 11.5 Å². The molecule has 4 aromatic heterocycles. The van der Waals surface area contributed by atoms with Gasteiger partial charge in [-0.2, -0.15) is 0 Å². The van der Waals surface area contributed by atoms with Gasteiger partial charge in [0.2, 0.25) is 0 Å². The first-order valence-corrected chi connectivity index (χ1v) is 6.80. The van der Waals surface area contributed by atoms with Crippen LogP contribution in [0.4, 0.5) is 11.6 Å². The highest BCUT2D eigenvalue weighted by molar-refractivity contribution is 6.01. The summed E-state index contributed by atoms with van der Waals surface area (Å²) in [5.74, 6) is 1.80. The van der Waals surface area contributed by atoms with Gasteiger partial charge in [0.1, 0.15) is 11.6 Å². The highest BCUT2D eigenvalue weighted by Gasteiger charge is 2.13. The average Bonchev–Trinajstić information content (AvgIpc) is 2.97. The van der Waals surface area contributed by atoms with Crippen molar-refractivity contribution in [3.05, 3.63) is 42.9 Å². The molecule has 0 aliphatic rings. The predicted molar refractivity (Wildman–Crippen MR) is 85.5 cm³/mol. The fraction of sp³-hybridized carbons (Fsp3) is 0.0667. The summed E-state index contributed by atoms with van der Waals surface area (Å²) in [6.45, 7) is 0. The van der Waals surface area contributed by atoms with Crippen LogP contribution in [0.5, 0.6) is 0 Å². The van der Waals surface area contributed by atoms with Gasteiger partial charge in [0.05, 0.1) is 0 Å². The molecule has 0 fully saturated rings. The summed E-state index contributed by atoms with van der Waals surface area (Å²) in [6, 6.07) is 7.56. The van der Waals surface area contributed by atoms with Crippen molar-refractivity contribution in [1.29, 1.82) is 0 Å². The number of hydrogen-bond acceptors (Lipinski definition) is 6. The molecule has 22 heavy (non-hydrogen) atoms. The van der Waals surface area contributed by atoms with Crippen molar-refractivity contribution in [2.75, 3.05) is 18.1 Å². The molecule has 0 radical (unpaired) electrons. The lowest BCUT2D eigenvalue weighted by atomic mass is 10.1. The molecule has 0 saturated heterocycles. The molecule has 0 spiro atoms. The van der Waals surface area contributed by atoms with E-state index in [1.54, 1.807) is 16.9 Å². The van der Waals surface area contributed by atoms with Crippen LogP contribution in [0.25, 0.3) is 27.8 Å². The van der Waals surface area contributed by atoms with E-state index in [-0.39, 0.29) is 0 Å². The van der Waals surface area contributed by atoms with Crippen molar-refractivity contribution in [1.82, 2.24) is 24.6 Å². The Hall–Kier alpha value is -3.22. The Morgan fingerprint density at radius 2 is 2.05 bits per heavy atom. The average molecular weight is 291 g/mol. The van der Waals surface area contributed by atoms with Gasteiger partial charge in [-0.05, 0) is 18.2 Å². The lowest BCUT2D eigenvalue weighted by Gasteiger charge is -2.08. The molecule has 7 heteroatoms. The standard InChI is InChI=1S/C15H13N7/c1-17-14-10-7-18-12(16)6-9(10)11(8-19-14)15-20-13-4-2-3-5-22(13)21-15/h2-8H,1H3,(H2,16,18)(H,17,19). The minimum atomic E-state index is 0.450. The molecule has 7 nitrogen and oxygen atoms in total. The quantitative estimate of drug-likeness (QED) is 0.586. The van der Waals surface area contributed by atoms with E-state index in [9.17, 15) is 0 Å². The number of nitrogens with one attached hydrogen (secondary N) is 1. The summed E-state index contributed by atoms with van der Waals surface area (Å²) < 4.78 is 1.73. The van der Waals surface area contributed by atoms with Crippen LogP contribution in [0.3, 0.4) is 0 Å². The second-order valence-corrected chi connectivity index (χ2v) is 4.86. The second kappa shape index (κ2) is 4.66. The molecule has 108 valence electrons. The SMILES string of the molecule is CNc1ncc(-c2nc3ccccn3n2)c2cc(N)ncc12. The van der Waals surface area contributed by atoms with Crippen molar-refractivity contribution >= 4 is 28.1 Å². The number of nitrogens with two attached hydrogens (primary N) is 1. The monoisotopic (exact) mass is 291 g/mol. The Balaban J connectivity index is 2.03. The van der Waals surface area contributed by atoms with Gasteiger partial charge in [-0.15, -0.1) is 5.10 Å². The van der Waals surface area contributed by atoms with Gasteiger partial charge < -0.3 is 11.1 Å². The van der Waals surface area contributed by atoms with Crippen LogP contribution >= 0.6 is 0 Å². The fourth-order valence-corrected chi connectivity index (χ4v) is 2.47. The molecule has 0 aromatic carbocycles. The molecule has 0 saturated carbocycles. The van der Waals surface area contributed by atoms with Gasteiger partial charge >= 0.3 is 0 Å². The maximum atomic E-state index is 5.84. The number of nitrogens with zero attached hydrogens (tertiary/aromatic N) is 5. The molecule has 0 aliphatic carbocycles. The molecule has 4 rings (SSSR count). The lowest BCUT2D eigenvalue weighted by Crippen LogP contribution is -1.98. The van der Waals surface area contributed by atoms with Crippen molar-refractivity contribution in [2.45, 2.75) is 0 Å². The maximum Gasteiger partial charge on any atom is 0.184 e. The topological polar surface area (TPSA) is 94.0 Å². The molecule has 3 N–H and O–H groups in total. The van der Waals surface area contributed by atoms with Gasteiger partial charge in [-0.1, -0.05) is 6.07 Å². The Kier molecular flexibility index (Phi) is 2.65. The fourth-order valence-electron chi connectivity index (χ4n) is 2.47. The van der Waals surface area contributed by atoms with E-state index in [1.807, 2.05) is 37.5 Å². The summed E-state index contributed by atoms with van der Waals surface area (Å²) in [7, 11) is 1.82. The third kappa shape index (κ3) is 1.83. The summed E-state index contributed by atoms with van der Waals surface area (Å²) in [5, 5.41) is 9.36. The zero-order valence-electron chi connectivity index (χ0n) is 11.9. The number of rotatable bonds is 2. The van der Waals surface area contributed by atoms with Crippen LogP contribution in [0.1, 0.15) is 0 Å². The molecule has 0 atom stereocenters. The van der Waals surface area contributed by atoms with E-state index in [0.717, 1.165) is 27.8 Å². The first-order valence-electron chi connectivity index (χ1n) is 6.80. The number of hydrogen-bond donors (Lipinski definition) is 2. The third-order valence-electron chi connectivity index (χ3n) is 3.51. The Bertz CT molecular complexity index is 957. The maximum absolute atomic E-state index is 5.84. The van der Waals surface area contributed by atoms with E-state index in [4.69, 9.17) is 5.73 Å². The van der Waals surface area contributed by atoms with Crippen molar-refractivity contribution in [3.63, 3.8) is 0 Å². The first kappa shape index (κ1) is 12.5. The Morgan fingerprint density at radius 1 is 1.14 bits per heavy atom. The lowest BCUT2D eigenvalue weighted by molar-refractivity contribution is 0.966. The molecule has 0 unspecified atom stereocenters. The molecule has 0 aliphatic heterocycles. The van der Waals surface area contributed by atoms with E-state index >= 15 is 0 Å². The molecular formula is C15H13N7. The van der Waals surface area contributed by atoms with E-state index in [0.29, 0.717) is 11.6 Å². The number of nitrogen functional groups attached to an aromatic ring is 1. The summed E-state index contributed by atoms with van der Waals surface area (Å²) in [4.78, 5) is 13.1. The molecule has 0 bridgehead atoms. The second-order valence-electron chi connectivity index (χ2n) is 4.86. The number of anilines is 2. The third-order valence-corrected chi connectivity index (χ3v) is 3.51. The zero-order valence-corrected chi connectivity index (χ0v) is 11.9. The summed E-state index contributed by atoms with van der Waals surface area (Å²) >= 11 is 0. The zero-order chi connectivity index (χ0) is 15.1.